The molecule has 0 radical (unpaired) electrons. The first-order valence-electron chi connectivity index (χ1n) is 9.73. The molecule has 0 amide bonds. The predicted octanol–water partition coefficient (Wildman–Crippen LogP) is 2.74. The van der Waals surface area contributed by atoms with Crippen LogP contribution in [0.3, 0.4) is 0 Å². The Balaban J connectivity index is 1.30. The average molecular weight is 369 g/mol. The van der Waals surface area contributed by atoms with Crippen LogP contribution in [0.1, 0.15) is 25.3 Å². The van der Waals surface area contributed by atoms with Crippen LogP contribution in [-0.2, 0) is 6.54 Å². The summed E-state index contributed by atoms with van der Waals surface area (Å²) in [5, 5.41) is 3.38. The molecule has 2 aliphatic heterocycles. The molecule has 2 aliphatic rings. The molecule has 0 aliphatic carbocycles. The summed E-state index contributed by atoms with van der Waals surface area (Å²) in [5.74, 6) is 3.62. The average Bonchev–Trinajstić information content (AvgIpc) is 3.17. The maximum Gasteiger partial charge on any atom is 0.231 e. The summed E-state index contributed by atoms with van der Waals surface area (Å²) < 4.78 is 10.9. The topological polar surface area (TPSA) is 62.8 Å². The smallest absolute Gasteiger partial charge is 0.231 e. The van der Waals surface area contributed by atoms with E-state index in [9.17, 15) is 0 Å². The third-order valence-corrected chi connectivity index (χ3v) is 5.03. The monoisotopic (exact) mass is 369 g/mol. The number of hydrogen-bond acceptors (Lipinski definition) is 7. The van der Waals surface area contributed by atoms with Crippen molar-refractivity contribution in [3.05, 3.63) is 36.2 Å². The predicted molar refractivity (Wildman–Crippen MR) is 105 cm³/mol. The normalized spacial score (nSPS) is 16.6. The number of piperazine rings is 1. The molecule has 0 spiro atoms. The number of benzene rings is 1. The standard InChI is InChI=1S/C20H27N5O2/c1-2-3-6-21-19-12-20(23-14-22-19)25-9-7-24(8-10-25)13-16-4-5-17-18(11-16)27-15-26-17/h4-5,11-12,14H,2-3,6-10,13,15H2,1H3,(H,21,22,23). The lowest BCUT2D eigenvalue weighted by Crippen LogP contribution is -2.46. The Morgan fingerprint density at radius 2 is 1.89 bits per heavy atom. The Bertz CT molecular complexity index is 762. The van der Waals surface area contributed by atoms with E-state index < -0.39 is 0 Å². The molecule has 7 heteroatoms. The van der Waals surface area contributed by atoms with Gasteiger partial charge in [0.05, 0.1) is 0 Å². The fourth-order valence-electron chi connectivity index (χ4n) is 3.44. The van der Waals surface area contributed by atoms with Crippen molar-refractivity contribution >= 4 is 11.6 Å². The van der Waals surface area contributed by atoms with Crippen LogP contribution < -0.4 is 19.7 Å². The van der Waals surface area contributed by atoms with Crippen molar-refractivity contribution in [3.63, 3.8) is 0 Å². The third kappa shape index (κ3) is 4.42. The molecular formula is C20H27N5O2. The molecule has 1 aromatic heterocycles. The maximum atomic E-state index is 5.48. The van der Waals surface area contributed by atoms with Crippen molar-refractivity contribution in [1.29, 1.82) is 0 Å². The van der Waals surface area contributed by atoms with E-state index in [1.165, 1.54) is 12.0 Å². The summed E-state index contributed by atoms with van der Waals surface area (Å²) in [6.07, 6.45) is 3.98. The van der Waals surface area contributed by atoms with Gasteiger partial charge in [-0.2, -0.15) is 0 Å². The quantitative estimate of drug-likeness (QED) is 0.753. The highest BCUT2D eigenvalue weighted by molar-refractivity contribution is 5.49. The van der Waals surface area contributed by atoms with E-state index in [0.29, 0.717) is 6.79 Å². The number of unbranched alkanes of at least 4 members (excludes halogenated alkanes) is 1. The molecule has 1 saturated heterocycles. The molecule has 1 N–H and O–H groups in total. The zero-order valence-electron chi connectivity index (χ0n) is 15.9. The minimum Gasteiger partial charge on any atom is -0.454 e. The van der Waals surface area contributed by atoms with Crippen LogP contribution in [0.4, 0.5) is 11.6 Å². The first kappa shape index (κ1) is 17.9. The van der Waals surface area contributed by atoms with Gasteiger partial charge in [-0.3, -0.25) is 4.90 Å². The lowest BCUT2D eigenvalue weighted by Gasteiger charge is -2.35. The number of fused-ring (bicyclic) bond motifs is 1. The fourth-order valence-corrected chi connectivity index (χ4v) is 3.44. The molecule has 2 aromatic rings. The molecule has 1 aromatic carbocycles. The molecule has 144 valence electrons. The van der Waals surface area contributed by atoms with E-state index >= 15 is 0 Å². The summed E-state index contributed by atoms with van der Waals surface area (Å²) >= 11 is 0. The van der Waals surface area contributed by atoms with Crippen molar-refractivity contribution in [2.75, 3.05) is 49.7 Å². The van der Waals surface area contributed by atoms with Crippen molar-refractivity contribution in [3.8, 4) is 11.5 Å². The van der Waals surface area contributed by atoms with Crippen LogP contribution in [-0.4, -0.2) is 54.4 Å². The van der Waals surface area contributed by atoms with E-state index in [-0.39, 0.29) is 0 Å². The lowest BCUT2D eigenvalue weighted by molar-refractivity contribution is 0.174. The number of anilines is 2. The summed E-state index contributed by atoms with van der Waals surface area (Å²) in [7, 11) is 0. The molecule has 0 atom stereocenters. The molecule has 7 nitrogen and oxygen atoms in total. The van der Waals surface area contributed by atoms with Gasteiger partial charge in [-0.25, -0.2) is 9.97 Å². The molecule has 27 heavy (non-hydrogen) atoms. The number of aromatic nitrogens is 2. The Morgan fingerprint density at radius 3 is 2.74 bits per heavy atom. The fraction of sp³-hybridized carbons (Fsp3) is 0.500. The summed E-state index contributed by atoms with van der Waals surface area (Å²) in [4.78, 5) is 13.6. The van der Waals surface area contributed by atoms with E-state index in [2.05, 4.69) is 50.2 Å². The second kappa shape index (κ2) is 8.43. The molecule has 0 unspecified atom stereocenters. The number of hydrogen-bond donors (Lipinski definition) is 1. The van der Waals surface area contributed by atoms with E-state index in [1.807, 2.05) is 6.07 Å². The lowest BCUT2D eigenvalue weighted by atomic mass is 10.1. The largest absolute Gasteiger partial charge is 0.454 e. The van der Waals surface area contributed by atoms with Crippen LogP contribution in [0.2, 0.25) is 0 Å². The number of ether oxygens (including phenoxy) is 2. The number of nitrogens with one attached hydrogen (secondary N) is 1. The Kier molecular flexibility index (Phi) is 5.58. The second-order valence-electron chi connectivity index (χ2n) is 6.99. The van der Waals surface area contributed by atoms with Crippen LogP contribution in [0.15, 0.2) is 30.6 Å². The van der Waals surface area contributed by atoms with Crippen LogP contribution >= 0.6 is 0 Å². The zero-order valence-corrected chi connectivity index (χ0v) is 15.9. The van der Waals surface area contributed by atoms with E-state index in [1.54, 1.807) is 6.33 Å². The van der Waals surface area contributed by atoms with Gasteiger partial charge in [0.25, 0.3) is 0 Å². The van der Waals surface area contributed by atoms with Crippen molar-refractivity contribution in [2.24, 2.45) is 0 Å². The molecule has 3 heterocycles. The Labute approximate surface area is 160 Å². The molecule has 0 bridgehead atoms. The molecule has 0 saturated carbocycles. The molecule has 4 rings (SSSR count). The van der Waals surface area contributed by atoms with Crippen LogP contribution in [0.5, 0.6) is 11.5 Å². The first-order chi connectivity index (χ1) is 13.3. The van der Waals surface area contributed by atoms with Gasteiger partial charge in [0.2, 0.25) is 6.79 Å². The Morgan fingerprint density at radius 1 is 1.04 bits per heavy atom. The highest BCUT2D eigenvalue weighted by Gasteiger charge is 2.20. The highest BCUT2D eigenvalue weighted by Crippen LogP contribution is 2.32. The highest BCUT2D eigenvalue weighted by atomic mass is 16.7. The number of rotatable bonds is 7. The summed E-state index contributed by atoms with van der Waals surface area (Å²) in [6.45, 7) is 8.36. The summed E-state index contributed by atoms with van der Waals surface area (Å²) in [5.41, 5.74) is 1.26. The second-order valence-corrected chi connectivity index (χ2v) is 6.99. The van der Waals surface area contributed by atoms with Crippen LogP contribution in [0.25, 0.3) is 0 Å². The molecular weight excluding hydrogens is 342 g/mol. The van der Waals surface area contributed by atoms with Gasteiger partial charge in [-0.15, -0.1) is 0 Å². The van der Waals surface area contributed by atoms with Crippen molar-refractivity contribution in [2.45, 2.75) is 26.3 Å². The molecule has 1 fully saturated rings. The number of nitrogens with zero attached hydrogens (tertiary/aromatic N) is 4. The maximum absolute atomic E-state index is 5.48. The van der Waals surface area contributed by atoms with Gasteiger partial charge in [0, 0.05) is 45.3 Å². The minimum atomic E-state index is 0.325. The SMILES string of the molecule is CCCCNc1cc(N2CCN(Cc3ccc4c(c3)OCO4)CC2)ncn1. The third-order valence-electron chi connectivity index (χ3n) is 5.03. The summed E-state index contributed by atoms with van der Waals surface area (Å²) in [6, 6.07) is 8.27. The van der Waals surface area contributed by atoms with Gasteiger partial charge in [-0.05, 0) is 24.1 Å². The van der Waals surface area contributed by atoms with E-state index in [4.69, 9.17) is 9.47 Å². The van der Waals surface area contributed by atoms with Crippen molar-refractivity contribution < 1.29 is 9.47 Å². The van der Waals surface area contributed by atoms with Gasteiger partial charge in [0.1, 0.15) is 18.0 Å². The van der Waals surface area contributed by atoms with Crippen LogP contribution in [0, 0.1) is 0 Å². The van der Waals surface area contributed by atoms with Gasteiger partial charge < -0.3 is 19.7 Å². The van der Waals surface area contributed by atoms with Crippen molar-refractivity contribution in [1.82, 2.24) is 14.9 Å². The van der Waals surface area contributed by atoms with Gasteiger partial charge >= 0.3 is 0 Å². The van der Waals surface area contributed by atoms with E-state index in [0.717, 1.165) is 68.8 Å². The van der Waals surface area contributed by atoms with Gasteiger partial charge in [-0.1, -0.05) is 19.4 Å². The first-order valence-corrected chi connectivity index (χ1v) is 9.73. The minimum absolute atomic E-state index is 0.325. The van der Waals surface area contributed by atoms with Gasteiger partial charge in [0.15, 0.2) is 11.5 Å². The Hall–Kier alpha value is -2.54. The zero-order chi connectivity index (χ0) is 18.5.